The molecule has 0 unspecified atom stereocenters. The van der Waals surface area contributed by atoms with Crippen molar-refractivity contribution in [2.24, 2.45) is 7.05 Å². The number of amides is 1. The Morgan fingerprint density at radius 3 is 2.68 bits per heavy atom. The summed E-state index contributed by atoms with van der Waals surface area (Å²) in [7, 11) is 1.78. The average molecular weight is 449 g/mol. The molecule has 0 radical (unpaired) electrons. The van der Waals surface area contributed by atoms with Gasteiger partial charge in [-0.2, -0.15) is 13.2 Å². The minimum atomic E-state index is -4.41. The second-order valence-electron chi connectivity index (χ2n) is 7.08. The van der Waals surface area contributed by atoms with Gasteiger partial charge in [-0.3, -0.25) is 4.79 Å². The van der Waals surface area contributed by atoms with Crippen LogP contribution in [0.3, 0.4) is 0 Å². The van der Waals surface area contributed by atoms with Crippen molar-refractivity contribution in [3.8, 4) is 0 Å². The first-order valence-corrected chi connectivity index (χ1v) is 10.1. The summed E-state index contributed by atoms with van der Waals surface area (Å²) in [4.78, 5) is 21.0. The van der Waals surface area contributed by atoms with Crippen LogP contribution in [0.25, 0.3) is 21.3 Å². The molecule has 1 atom stereocenters. The highest BCUT2D eigenvalue weighted by Gasteiger charge is 2.30. The number of anilines is 2. The molecule has 162 valence electrons. The van der Waals surface area contributed by atoms with Crippen LogP contribution >= 0.6 is 11.3 Å². The molecule has 0 spiro atoms. The van der Waals surface area contributed by atoms with E-state index in [9.17, 15) is 23.1 Å². The minimum Gasteiger partial charge on any atom is -0.392 e. The number of hydrogen-bond acceptors (Lipinski definition) is 6. The Kier molecular flexibility index (Phi) is 5.31. The lowest BCUT2D eigenvalue weighted by atomic mass is 10.2. The molecule has 0 bridgehead atoms. The third kappa shape index (κ3) is 4.32. The maximum Gasteiger partial charge on any atom is 0.416 e. The highest BCUT2D eigenvalue weighted by molar-refractivity contribution is 7.22. The second-order valence-corrected chi connectivity index (χ2v) is 8.11. The van der Waals surface area contributed by atoms with E-state index in [1.54, 1.807) is 36.7 Å². The van der Waals surface area contributed by atoms with E-state index >= 15 is 0 Å². The Hall–Kier alpha value is -3.18. The fourth-order valence-electron chi connectivity index (χ4n) is 3.05. The van der Waals surface area contributed by atoms with Crippen LogP contribution in [0.1, 0.15) is 22.8 Å². The Balaban J connectivity index is 1.61. The number of aliphatic hydroxyl groups is 1. The van der Waals surface area contributed by atoms with Crippen molar-refractivity contribution < 1.29 is 23.1 Å². The number of benzene rings is 2. The molecule has 3 N–H and O–H groups in total. The van der Waals surface area contributed by atoms with Crippen molar-refractivity contribution in [1.82, 2.24) is 19.9 Å². The number of alkyl halides is 3. The van der Waals surface area contributed by atoms with Gasteiger partial charge in [-0.25, -0.2) is 9.97 Å². The molecular formula is C20H18F3N5O2S. The third-order valence-electron chi connectivity index (χ3n) is 4.64. The van der Waals surface area contributed by atoms with Crippen molar-refractivity contribution in [3.05, 3.63) is 47.5 Å². The van der Waals surface area contributed by atoms with Gasteiger partial charge in [0.15, 0.2) is 5.13 Å². The first kappa shape index (κ1) is 21.1. The maximum atomic E-state index is 12.9. The highest BCUT2D eigenvalue weighted by Crippen LogP contribution is 2.35. The quantitative estimate of drug-likeness (QED) is 0.428. The van der Waals surface area contributed by atoms with Crippen LogP contribution in [0.4, 0.5) is 24.3 Å². The van der Waals surface area contributed by atoms with Crippen LogP contribution in [-0.4, -0.2) is 38.2 Å². The van der Waals surface area contributed by atoms with Gasteiger partial charge in [0.2, 0.25) is 5.95 Å². The Morgan fingerprint density at radius 2 is 1.97 bits per heavy atom. The van der Waals surface area contributed by atoms with E-state index < -0.39 is 17.8 Å². The predicted octanol–water partition coefficient (Wildman–Crippen LogP) is 4.06. The number of nitrogens with one attached hydrogen (secondary N) is 2. The van der Waals surface area contributed by atoms with Crippen molar-refractivity contribution in [1.29, 1.82) is 0 Å². The van der Waals surface area contributed by atoms with Gasteiger partial charge >= 0.3 is 6.18 Å². The van der Waals surface area contributed by atoms with E-state index in [-0.39, 0.29) is 12.5 Å². The average Bonchev–Trinajstić information content (AvgIpc) is 3.25. The molecule has 1 amide bonds. The number of aromatic nitrogens is 3. The molecule has 11 heteroatoms. The molecule has 2 heterocycles. The van der Waals surface area contributed by atoms with E-state index in [2.05, 4.69) is 20.6 Å². The number of thiazole rings is 1. The van der Waals surface area contributed by atoms with Gasteiger partial charge in [0.05, 0.1) is 32.9 Å². The fourth-order valence-corrected chi connectivity index (χ4v) is 3.94. The van der Waals surface area contributed by atoms with Crippen LogP contribution in [0.15, 0.2) is 36.4 Å². The van der Waals surface area contributed by atoms with Gasteiger partial charge in [-0.15, -0.1) is 0 Å². The largest absolute Gasteiger partial charge is 0.416 e. The lowest BCUT2D eigenvalue weighted by Crippen LogP contribution is -2.30. The monoisotopic (exact) mass is 449 g/mol. The number of imidazole rings is 1. The topological polar surface area (TPSA) is 92.1 Å². The standard InChI is InChI=1S/C20H18F3N5O2S/c1-10(29)9-24-17(30)11-3-6-15-14(7-11)25-18(28(15)2)27-19-26-13-5-4-12(20(21,22)23)8-16(13)31-19/h3-8,10,29H,9H2,1-2H3,(H,24,30)(H,25,26,27)/t10-/m0/s1. The van der Waals surface area contributed by atoms with Crippen LogP contribution < -0.4 is 10.6 Å². The predicted molar refractivity (Wildman–Crippen MR) is 113 cm³/mol. The molecule has 7 nitrogen and oxygen atoms in total. The van der Waals surface area contributed by atoms with Gasteiger partial charge in [-0.05, 0) is 43.3 Å². The number of carbonyl (C=O) groups excluding carboxylic acids is 1. The first-order chi connectivity index (χ1) is 14.6. The van der Waals surface area contributed by atoms with Crippen molar-refractivity contribution in [2.45, 2.75) is 19.2 Å². The Bertz CT molecular complexity index is 1280. The molecular weight excluding hydrogens is 431 g/mol. The second kappa shape index (κ2) is 7.82. The smallest absolute Gasteiger partial charge is 0.392 e. The normalized spacial score (nSPS) is 13.0. The van der Waals surface area contributed by atoms with Crippen LogP contribution in [-0.2, 0) is 13.2 Å². The number of rotatable bonds is 5. The van der Waals surface area contributed by atoms with Crippen LogP contribution in [0.2, 0.25) is 0 Å². The molecule has 0 aliphatic rings. The first-order valence-electron chi connectivity index (χ1n) is 9.29. The highest BCUT2D eigenvalue weighted by atomic mass is 32.1. The molecule has 4 rings (SSSR count). The van der Waals surface area contributed by atoms with Crippen molar-refractivity contribution >= 4 is 49.6 Å². The van der Waals surface area contributed by atoms with E-state index in [0.717, 1.165) is 29.0 Å². The minimum absolute atomic E-state index is 0.138. The number of aliphatic hydroxyl groups excluding tert-OH is 1. The SMILES string of the molecule is C[C@H](O)CNC(=O)c1ccc2c(c1)nc(Nc1nc3ccc(C(F)(F)F)cc3s1)n2C. The maximum absolute atomic E-state index is 12.9. The number of aryl methyl sites for hydroxylation is 1. The molecule has 0 aliphatic carbocycles. The summed E-state index contributed by atoms with van der Waals surface area (Å²) in [5.74, 6) is 0.112. The van der Waals surface area contributed by atoms with E-state index in [0.29, 0.717) is 32.4 Å². The zero-order chi connectivity index (χ0) is 22.3. The Morgan fingerprint density at radius 1 is 1.19 bits per heavy atom. The molecule has 31 heavy (non-hydrogen) atoms. The molecule has 2 aromatic heterocycles. The number of halogens is 3. The van der Waals surface area contributed by atoms with Crippen molar-refractivity contribution in [3.63, 3.8) is 0 Å². The zero-order valence-electron chi connectivity index (χ0n) is 16.5. The van der Waals surface area contributed by atoms with E-state index in [1.165, 1.54) is 6.07 Å². The number of fused-ring (bicyclic) bond motifs is 2. The summed E-state index contributed by atoms with van der Waals surface area (Å²) in [6.07, 6.45) is -5.07. The lowest BCUT2D eigenvalue weighted by Gasteiger charge is -2.07. The Labute approximate surface area is 178 Å². The molecule has 4 aromatic rings. The number of carbonyl (C=O) groups is 1. The van der Waals surface area contributed by atoms with Crippen LogP contribution in [0.5, 0.6) is 0 Å². The summed E-state index contributed by atoms with van der Waals surface area (Å²) in [6, 6.07) is 8.45. The summed E-state index contributed by atoms with van der Waals surface area (Å²) in [5.41, 5.74) is 1.46. The molecule has 0 saturated heterocycles. The zero-order valence-corrected chi connectivity index (χ0v) is 17.3. The van der Waals surface area contributed by atoms with E-state index in [1.807, 2.05) is 0 Å². The number of nitrogens with zero attached hydrogens (tertiary/aromatic N) is 3. The van der Waals surface area contributed by atoms with Crippen LogP contribution in [0, 0.1) is 0 Å². The van der Waals surface area contributed by atoms with E-state index in [4.69, 9.17) is 0 Å². The lowest BCUT2D eigenvalue weighted by molar-refractivity contribution is -0.137. The summed E-state index contributed by atoms with van der Waals surface area (Å²) >= 11 is 1.09. The third-order valence-corrected chi connectivity index (χ3v) is 5.57. The van der Waals surface area contributed by atoms with Gasteiger partial charge < -0.3 is 20.3 Å². The fraction of sp³-hybridized carbons (Fsp3) is 0.250. The van der Waals surface area contributed by atoms with Gasteiger partial charge in [0.25, 0.3) is 5.91 Å². The van der Waals surface area contributed by atoms with Gasteiger partial charge in [0, 0.05) is 19.2 Å². The molecule has 2 aromatic carbocycles. The summed E-state index contributed by atoms with van der Waals surface area (Å²) < 4.78 is 41.0. The van der Waals surface area contributed by atoms with Gasteiger partial charge in [-0.1, -0.05) is 11.3 Å². The molecule has 0 aliphatic heterocycles. The molecule has 0 saturated carbocycles. The summed E-state index contributed by atoms with van der Waals surface area (Å²) in [5, 5.41) is 15.4. The molecule has 0 fully saturated rings. The van der Waals surface area contributed by atoms with Crippen molar-refractivity contribution in [2.75, 3.05) is 11.9 Å². The number of hydrogen-bond donors (Lipinski definition) is 3. The van der Waals surface area contributed by atoms with Gasteiger partial charge in [0.1, 0.15) is 0 Å². The summed E-state index contributed by atoms with van der Waals surface area (Å²) in [6.45, 7) is 1.71.